The van der Waals surface area contributed by atoms with E-state index in [1.54, 1.807) is 20.9 Å². The number of hydrogen-bond acceptors (Lipinski definition) is 2. The largest absolute Gasteiger partial charge is 0.481 e. The molecule has 17 heavy (non-hydrogen) atoms. The van der Waals surface area contributed by atoms with Gasteiger partial charge in [0.15, 0.2) is 0 Å². The zero-order valence-corrected chi connectivity index (χ0v) is 11.2. The summed E-state index contributed by atoms with van der Waals surface area (Å²) in [7, 11) is 1.80. The predicted molar refractivity (Wildman–Crippen MR) is 69.1 cm³/mol. The summed E-state index contributed by atoms with van der Waals surface area (Å²) in [6, 6.07) is 5.89. The second-order valence-corrected chi connectivity index (χ2v) is 5.09. The maximum absolute atomic E-state index is 11.3. The lowest BCUT2D eigenvalue weighted by molar-refractivity contribution is -0.148. The summed E-state index contributed by atoms with van der Waals surface area (Å²) >= 11 is 0. The van der Waals surface area contributed by atoms with Gasteiger partial charge < -0.3 is 10.4 Å². The Balaban J connectivity index is 3.18. The number of rotatable bonds is 4. The summed E-state index contributed by atoms with van der Waals surface area (Å²) in [5.74, 6) is -0.796. The SMILES string of the molecule is CNC(c1ccc(C)c(C)c1)C(C)(C)C(=O)O. The molecule has 0 saturated carbocycles. The van der Waals surface area contributed by atoms with Crippen molar-refractivity contribution in [3.63, 3.8) is 0 Å². The van der Waals surface area contributed by atoms with Gasteiger partial charge in [-0.1, -0.05) is 18.2 Å². The van der Waals surface area contributed by atoms with Crippen LogP contribution in [0.4, 0.5) is 0 Å². The summed E-state index contributed by atoms with van der Waals surface area (Å²) in [4.78, 5) is 11.3. The Morgan fingerprint density at radius 2 is 1.88 bits per heavy atom. The fourth-order valence-corrected chi connectivity index (χ4v) is 2.01. The molecule has 0 aliphatic carbocycles. The molecule has 0 aliphatic heterocycles. The molecule has 0 heterocycles. The van der Waals surface area contributed by atoms with Gasteiger partial charge in [0.2, 0.25) is 0 Å². The maximum atomic E-state index is 11.3. The average molecular weight is 235 g/mol. The molecule has 0 amide bonds. The second-order valence-electron chi connectivity index (χ2n) is 5.09. The van der Waals surface area contributed by atoms with Crippen molar-refractivity contribution >= 4 is 5.97 Å². The second kappa shape index (κ2) is 4.88. The van der Waals surface area contributed by atoms with Crippen LogP contribution in [0.5, 0.6) is 0 Å². The standard InChI is InChI=1S/C14H21NO2/c1-9-6-7-11(8-10(9)2)12(15-5)14(3,4)13(16)17/h6-8,12,15H,1-5H3,(H,16,17). The van der Waals surface area contributed by atoms with Gasteiger partial charge in [-0.3, -0.25) is 4.79 Å². The number of benzene rings is 1. The minimum absolute atomic E-state index is 0.195. The van der Waals surface area contributed by atoms with Crippen LogP contribution in [0.25, 0.3) is 0 Å². The zero-order chi connectivity index (χ0) is 13.2. The lowest BCUT2D eigenvalue weighted by atomic mass is 9.80. The van der Waals surface area contributed by atoms with Crippen molar-refractivity contribution in [3.05, 3.63) is 34.9 Å². The first kappa shape index (κ1) is 13.7. The molecular weight excluding hydrogens is 214 g/mol. The van der Waals surface area contributed by atoms with Crippen LogP contribution >= 0.6 is 0 Å². The normalized spacial score (nSPS) is 13.5. The van der Waals surface area contributed by atoms with Crippen molar-refractivity contribution in [1.82, 2.24) is 5.32 Å². The number of hydrogen-bond donors (Lipinski definition) is 2. The van der Waals surface area contributed by atoms with E-state index in [2.05, 4.69) is 18.3 Å². The molecule has 1 rings (SSSR count). The molecule has 1 aromatic rings. The van der Waals surface area contributed by atoms with Crippen LogP contribution in [0.1, 0.15) is 36.6 Å². The summed E-state index contributed by atoms with van der Waals surface area (Å²) in [5, 5.41) is 12.4. The Bertz CT molecular complexity index is 424. The van der Waals surface area contributed by atoms with Gasteiger partial charge in [0.05, 0.1) is 5.41 Å². The molecule has 3 heteroatoms. The van der Waals surface area contributed by atoms with E-state index in [0.717, 1.165) is 5.56 Å². The van der Waals surface area contributed by atoms with Crippen molar-refractivity contribution < 1.29 is 9.90 Å². The maximum Gasteiger partial charge on any atom is 0.311 e. The van der Waals surface area contributed by atoms with E-state index < -0.39 is 11.4 Å². The summed E-state index contributed by atoms with van der Waals surface area (Å²) in [6.45, 7) is 7.58. The first-order chi connectivity index (χ1) is 7.80. The third kappa shape index (κ3) is 2.67. The Hall–Kier alpha value is -1.35. The molecule has 0 saturated heterocycles. The molecule has 0 bridgehead atoms. The van der Waals surface area contributed by atoms with Gasteiger partial charge in [0.1, 0.15) is 0 Å². The highest BCUT2D eigenvalue weighted by Gasteiger charge is 2.36. The summed E-state index contributed by atoms with van der Waals surface area (Å²) < 4.78 is 0. The van der Waals surface area contributed by atoms with Crippen molar-refractivity contribution in [1.29, 1.82) is 0 Å². The van der Waals surface area contributed by atoms with Crippen LogP contribution in [0, 0.1) is 19.3 Å². The highest BCUT2D eigenvalue weighted by atomic mass is 16.4. The minimum atomic E-state index is -0.837. The van der Waals surface area contributed by atoms with Gasteiger partial charge in [-0.05, 0) is 51.4 Å². The topological polar surface area (TPSA) is 49.3 Å². The summed E-state index contributed by atoms with van der Waals surface area (Å²) in [5.41, 5.74) is 2.58. The van der Waals surface area contributed by atoms with Gasteiger partial charge in [-0.2, -0.15) is 0 Å². The fourth-order valence-electron chi connectivity index (χ4n) is 2.01. The smallest absolute Gasteiger partial charge is 0.311 e. The van der Waals surface area contributed by atoms with Crippen LogP contribution in [0.15, 0.2) is 18.2 Å². The molecule has 0 spiro atoms. The van der Waals surface area contributed by atoms with Crippen LogP contribution in [0.2, 0.25) is 0 Å². The van der Waals surface area contributed by atoms with E-state index in [0.29, 0.717) is 0 Å². The van der Waals surface area contributed by atoms with E-state index in [4.69, 9.17) is 0 Å². The average Bonchev–Trinajstić information content (AvgIpc) is 2.23. The molecule has 0 radical (unpaired) electrons. The monoisotopic (exact) mass is 235 g/mol. The number of carbonyl (C=O) groups is 1. The van der Waals surface area contributed by atoms with E-state index in [-0.39, 0.29) is 6.04 Å². The van der Waals surface area contributed by atoms with Crippen LogP contribution in [0.3, 0.4) is 0 Å². The van der Waals surface area contributed by atoms with Gasteiger partial charge in [0, 0.05) is 6.04 Å². The molecule has 1 aromatic carbocycles. The summed E-state index contributed by atoms with van der Waals surface area (Å²) in [6.07, 6.45) is 0. The quantitative estimate of drug-likeness (QED) is 0.843. The van der Waals surface area contributed by atoms with E-state index in [9.17, 15) is 9.90 Å². The van der Waals surface area contributed by atoms with Crippen LogP contribution in [-0.4, -0.2) is 18.1 Å². The van der Waals surface area contributed by atoms with Gasteiger partial charge >= 0.3 is 5.97 Å². The van der Waals surface area contributed by atoms with Crippen LogP contribution < -0.4 is 5.32 Å². The third-order valence-corrected chi connectivity index (χ3v) is 3.43. The van der Waals surface area contributed by atoms with Crippen molar-refractivity contribution in [2.24, 2.45) is 5.41 Å². The minimum Gasteiger partial charge on any atom is -0.481 e. The Morgan fingerprint density at radius 3 is 2.29 bits per heavy atom. The Labute approximate surface area is 103 Å². The molecule has 3 nitrogen and oxygen atoms in total. The number of carboxylic acid groups (broad SMARTS) is 1. The van der Waals surface area contributed by atoms with Crippen molar-refractivity contribution in [3.8, 4) is 0 Å². The lowest BCUT2D eigenvalue weighted by Gasteiger charge is -2.30. The van der Waals surface area contributed by atoms with E-state index >= 15 is 0 Å². The molecule has 0 fully saturated rings. The zero-order valence-electron chi connectivity index (χ0n) is 11.2. The fraction of sp³-hybridized carbons (Fsp3) is 0.500. The Morgan fingerprint density at radius 1 is 1.29 bits per heavy atom. The van der Waals surface area contributed by atoms with Crippen LogP contribution in [-0.2, 0) is 4.79 Å². The molecule has 0 aromatic heterocycles. The first-order valence-corrected chi connectivity index (χ1v) is 5.78. The van der Waals surface area contributed by atoms with Gasteiger partial charge in [0.25, 0.3) is 0 Å². The van der Waals surface area contributed by atoms with Gasteiger partial charge in [-0.25, -0.2) is 0 Å². The predicted octanol–water partition coefficient (Wildman–Crippen LogP) is 2.67. The Kier molecular flexibility index (Phi) is 3.94. The molecule has 1 unspecified atom stereocenters. The number of nitrogens with one attached hydrogen (secondary N) is 1. The van der Waals surface area contributed by atoms with Crippen molar-refractivity contribution in [2.75, 3.05) is 7.05 Å². The number of aliphatic carboxylic acids is 1. The van der Waals surface area contributed by atoms with E-state index in [1.165, 1.54) is 11.1 Å². The molecular formula is C14H21NO2. The highest BCUT2D eigenvalue weighted by Crippen LogP contribution is 2.34. The van der Waals surface area contributed by atoms with E-state index in [1.807, 2.05) is 19.1 Å². The molecule has 1 atom stereocenters. The first-order valence-electron chi connectivity index (χ1n) is 5.78. The number of carboxylic acids is 1. The molecule has 2 N–H and O–H groups in total. The lowest BCUT2D eigenvalue weighted by Crippen LogP contribution is -2.38. The molecule has 94 valence electrons. The van der Waals surface area contributed by atoms with Crippen molar-refractivity contribution in [2.45, 2.75) is 33.7 Å². The third-order valence-electron chi connectivity index (χ3n) is 3.43. The van der Waals surface area contributed by atoms with Gasteiger partial charge in [-0.15, -0.1) is 0 Å². The number of aryl methyl sites for hydroxylation is 2. The molecule has 0 aliphatic rings. The highest BCUT2D eigenvalue weighted by molar-refractivity contribution is 5.75.